The van der Waals surface area contributed by atoms with Gasteiger partial charge in [0, 0.05) is 23.9 Å². The van der Waals surface area contributed by atoms with Gasteiger partial charge in [-0.3, -0.25) is 4.79 Å². The van der Waals surface area contributed by atoms with Crippen molar-refractivity contribution in [1.29, 1.82) is 0 Å². The molecule has 0 aliphatic carbocycles. The molecule has 1 fully saturated rings. The lowest BCUT2D eigenvalue weighted by Crippen LogP contribution is -2.39. The molecule has 142 valence electrons. The molecule has 1 aromatic carbocycles. The van der Waals surface area contributed by atoms with Crippen molar-refractivity contribution < 1.29 is 4.79 Å². The third kappa shape index (κ3) is 3.00. The fourth-order valence-electron chi connectivity index (χ4n) is 3.56. The van der Waals surface area contributed by atoms with Crippen molar-refractivity contribution in [2.24, 2.45) is 11.7 Å². The number of carbonyl (C=O) groups is 1. The number of hydrogen-bond acceptors (Lipinski definition) is 7. The first kappa shape index (κ1) is 17.4. The number of primary amides is 1. The van der Waals surface area contributed by atoms with E-state index in [-0.39, 0.29) is 11.8 Å². The summed E-state index contributed by atoms with van der Waals surface area (Å²) in [4.78, 5) is 19.8. The number of anilines is 1. The smallest absolute Gasteiger partial charge is 0.220 e. The van der Waals surface area contributed by atoms with Gasteiger partial charge in [-0.15, -0.1) is 16.4 Å². The van der Waals surface area contributed by atoms with Crippen molar-refractivity contribution in [2.75, 3.05) is 18.0 Å². The van der Waals surface area contributed by atoms with E-state index in [0.717, 1.165) is 57.5 Å². The summed E-state index contributed by atoms with van der Waals surface area (Å²) < 4.78 is 2.91. The van der Waals surface area contributed by atoms with Crippen molar-refractivity contribution in [2.45, 2.75) is 22.8 Å². The lowest BCUT2D eigenvalue weighted by Gasteiger charge is -2.31. The molecule has 0 saturated carbocycles. The van der Waals surface area contributed by atoms with E-state index in [1.54, 1.807) is 23.1 Å². The molecule has 0 unspecified atom stereocenters. The van der Waals surface area contributed by atoms with Gasteiger partial charge in [0.25, 0.3) is 0 Å². The second-order valence-electron chi connectivity index (χ2n) is 6.78. The van der Waals surface area contributed by atoms with Crippen LogP contribution in [0.5, 0.6) is 0 Å². The van der Waals surface area contributed by atoms with Crippen LogP contribution in [-0.2, 0) is 4.79 Å². The fraction of sp³-hybridized carbons (Fsp3) is 0.263. The molecule has 28 heavy (non-hydrogen) atoms. The summed E-state index contributed by atoms with van der Waals surface area (Å²) in [7, 11) is 0. The highest BCUT2D eigenvalue weighted by Crippen LogP contribution is 2.36. The number of nitrogens with zero attached hydrogens (tertiary/aromatic N) is 5. The van der Waals surface area contributed by atoms with Gasteiger partial charge in [0.15, 0.2) is 16.5 Å². The second-order valence-corrected chi connectivity index (χ2v) is 8.76. The predicted molar refractivity (Wildman–Crippen MR) is 111 cm³/mol. The maximum Gasteiger partial charge on any atom is 0.220 e. The average Bonchev–Trinajstić information content (AvgIpc) is 3.35. The van der Waals surface area contributed by atoms with Gasteiger partial charge in [-0.05, 0) is 36.4 Å². The fourth-order valence-corrected chi connectivity index (χ4v) is 5.27. The number of amides is 1. The Morgan fingerprint density at radius 1 is 1.18 bits per heavy atom. The molecule has 4 heterocycles. The summed E-state index contributed by atoms with van der Waals surface area (Å²) in [6.07, 6.45) is 1.52. The van der Waals surface area contributed by atoms with E-state index in [1.807, 2.05) is 22.7 Å². The molecule has 1 saturated heterocycles. The van der Waals surface area contributed by atoms with Gasteiger partial charge in [0.05, 0.1) is 10.2 Å². The summed E-state index contributed by atoms with van der Waals surface area (Å²) in [5.41, 5.74) is 7.25. The Balaban J connectivity index is 1.56. The lowest BCUT2D eigenvalue weighted by atomic mass is 9.96. The normalized spacial score (nSPS) is 15.5. The molecular weight excluding hydrogens is 392 g/mol. The number of carbonyl (C=O) groups excluding carboxylic acids is 1. The van der Waals surface area contributed by atoms with Gasteiger partial charge in [-0.1, -0.05) is 35.2 Å². The monoisotopic (exact) mass is 410 g/mol. The first-order chi connectivity index (χ1) is 13.7. The van der Waals surface area contributed by atoms with Crippen LogP contribution in [0.4, 0.5) is 5.82 Å². The van der Waals surface area contributed by atoms with Crippen LogP contribution in [0.2, 0.25) is 0 Å². The Bertz CT molecular complexity index is 1150. The average molecular weight is 411 g/mol. The Morgan fingerprint density at radius 2 is 1.96 bits per heavy atom. The Labute approximate surface area is 169 Å². The zero-order chi connectivity index (χ0) is 19.1. The van der Waals surface area contributed by atoms with Gasteiger partial charge in [-0.2, -0.15) is 4.52 Å². The number of nitrogens with two attached hydrogens (primary N) is 1. The largest absolute Gasteiger partial charge is 0.369 e. The van der Waals surface area contributed by atoms with Crippen LogP contribution >= 0.6 is 23.1 Å². The number of benzene rings is 1. The molecule has 2 N–H and O–H groups in total. The molecule has 0 bridgehead atoms. The summed E-state index contributed by atoms with van der Waals surface area (Å²) in [6, 6.07) is 12.2. The standard InChI is InChI=1S/C19H18N6OS2/c20-16(26)12-6-9-24(10-7-12)17-15-14(8-11-27-15)25-18(21-17)19(22-23-25)28-13-4-2-1-3-5-13/h1-5,8,11-12H,6-7,9-10H2,(H2,20,26). The SMILES string of the molecule is NC(=O)C1CCN(c2nc3c(Sc4ccccc4)nnn3c3ccsc23)CC1. The third-order valence-corrected chi connectivity index (χ3v) is 6.92. The maximum atomic E-state index is 11.5. The van der Waals surface area contributed by atoms with Crippen molar-refractivity contribution >= 4 is 50.7 Å². The zero-order valence-corrected chi connectivity index (χ0v) is 16.6. The predicted octanol–water partition coefficient (Wildman–Crippen LogP) is 3.19. The van der Waals surface area contributed by atoms with Crippen molar-refractivity contribution in [3.8, 4) is 0 Å². The molecule has 0 spiro atoms. The van der Waals surface area contributed by atoms with E-state index in [1.165, 1.54) is 0 Å². The summed E-state index contributed by atoms with van der Waals surface area (Å²) in [5, 5.41) is 11.6. The number of aromatic nitrogens is 4. The van der Waals surface area contributed by atoms with E-state index in [4.69, 9.17) is 10.7 Å². The highest BCUT2D eigenvalue weighted by Gasteiger charge is 2.26. The van der Waals surface area contributed by atoms with E-state index in [0.29, 0.717) is 0 Å². The quantitative estimate of drug-likeness (QED) is 0.556. The van der Waals surface area contributed by atoms with Crippen LogP contribution in [-0.4, -0.2) is 38.8 Å². The Morgan fingerprint density at radius 3 is 2.71 bits per heavy atom. The molecule has 4 aromatic rings. The van der Waals surface area contributed by atoms with E-state index >= 15 is 0 Å². The van der Waals surface area contributed by atoms with Gasteiger partial charge >= 0.3 is 0 Å². The summed E-state index contributed by atoms with van der Waals surface area (Å²) in [6.45, 7) is 1.54. The van der Waals surface area contributed by atoms with E-state index in [2.05, 4.69) is 38.8 Å². The number of rotatable bonds is 4. The second kappa shape index (κ2) is 7.06. The highest BCUT2D eigenvalue weighted by atomic mass is 32.2. The maximum absolute atomic E-state index is 11.5. The minimum Gasteiger partial charge on any atom is -0.369 e. The van der Waals surface area contributed by atoms with Gasteiger partial charge < -0.3 is 10.6 Å². The molecule has 0 atom stereocenters. The van der Waals surface area contributed by atoms with Gasteiger partial charge in [0.2, 0.25) is 5.91 Å². The molecular formula is C19H18N6OS2. The Hall–Kier alpha value is -2.65. The van der Waals surface area contributed by atoms with Crippen LogP contribution in [0.3, 0.4) is 0 Å². The summed E-state index contributed by atoms with van der Waals surface area (Å²) >= 11 is 3.21. The van der Waals surface area contributed by atoms with Gasteiger partial charge in [-0.25, -0.2) is 4.98 Å². The van der Waals surface area contributed by atoms with Crippen molar-refractivity contribution in [1.82, 2.24) is 19.8 Å². The minimum absolute atomic E-state index is 0.0420. The number of fused-ring (bicyclic) bond motifs is 3. The van der Waals surface area contributed by atoms with Crippen molar-refractivity contribution in [3.05, 3.63) is 41.8 Å². The number of piperidine rings is 1. The molecule has 1 amide bonds. The Kier molecular flexibility index (Phi) is 4.40. The minimum atomic E-state index is -0.203. The zero-order valence-electron chi connectivity index (χ0n) is 15.0. The molecule has 1 aliphatic heterocycles. The van der Waals surface area contributed by atoms with E-state index < -0.39 is 0 Å². The van der Waals surface area contributed by atoms with Crippen LogP contribution in [0.25, 0.3) is 15.9 Å². The van der Waals surface area contributed by atoms with Crippen molar-refractivity contribution in [3.63, 3.8) is 0 Å². The van der Waals surface area contributed by atoms with Crippen LogP contribution in [0, 0.1) is 5.92 Å². The topological polar surface area (TPSA) is 89.4 Å². The van der Waals surface area contributed by atoms with Crippen LogP contribution < -0.4 is 10.6 Å². The number of thiophene rings is 1. The van der Waals surface area contributed by atoms with E-state index in [9.17, 15) is 4.79 Å². The lowest BCUT2D eigenvalue weighted by molar-refractivity contribution is -0.122. The van der Waals surface area contributed by atoms with Crippen LogP contribution in [0.1, 0.15) is 12.8 Å². The molecule has 1 aliphatic rings. The van der Waals surface area contributed by atoms with Crippen LogP contribution in [0.15, 0.2) is 51.7 Å². The first-order valence-corrected chi connectivity index (χ1v) is 10.8. The summed E-state index contributed by atoms with van der Waals surface area (Å²) in [5.74, 6) is 0.697. The third-order valence-electron chi connectivity index (χ3n) is 5.06. The molecule has 0 radical (unpaired) electrons. The molecule has 3 aromatic heterocycles. The molecule has 9 heteroatoms. The highest BCUT2D eigenvalue weighted by molar-refractivity contribution is 7.99. The van der Waals surface area contributed by atoms with Gasteiger partial charge in [0.1, 0.15) is 0 Å². The first-order valence-electron chi connectivity index (χ1n) is 9.10. The number of hydrogen-bond donors (Lipinski definition) is 1. The molecule has 7 nitrogen and oxygen atoms in total. The molecule has 5 rings (SSSR count).